The second kappa shape index (κ2) is 31.4. The van der Waals surface area contributed by atoms with Gasteiger partial charge in [0, 0.05) is 32.7 Å². The summed E-state index contributed by atoms with van der Waals surface area (Å²) in [5.41, 5.74) is 8.57. The van der Waals surface area contributed by atoms with Gasteiger partial charge in [-0.1, -0.05) is 83.1 Å². The number of nitrogens with one attached hydrogen (secondary N) is 7. The quantitative estimate of drug-likeness (QED) is 0.0310. The van der Waals surface area contributed by atoms with Gasteiger partial charge in [-0.25, -0.2) is 9.59 Å². The molecule has 0 radical (unpaired) electrons. The highest BCUT2D eigenvalue weighted by molar-refractivity contribution is 6.02. The zero-order chi connectivity index (χ0) is 49.7. The summed E-state index contributed by atoms with van der Waals surface area (Å²) >= 11 is 0. The van der Waals surface area contributed by atoms with Crippen molar-refractivity contribution in [2.45, 2.75) is 123 Å². The van der Waals surface area contributed by atoms with Crippen LogP contribution in [0.15, 0.2) is 60.4 Å². The molecule has 5 atom stereocenters. The third-order valence-corrected chi connectivity index (χ3v) is 9.89. The second-order valence-electron chi connectivity index (χ2n) is 16.1. The van der Waals surface area contributed by atoms with Gasteiger partial charge < -0.3 is 62.9 Å². The van der Waals surface area contributed by atoms with Gasteiger partial charge in [-0.3, -0.25) is 33.6 Å². The number of cyclic esters (lactones) is 2. The molecule has 0 bridgehead atoms. The fourth-order valence-electron chi connectivity index (χ4n) is 5.93. The van der Waals surface area contributed by atoms with Crippen LogP contribution in [-0.4, -0.2) is 117 Å². The van der Waals surface area contributed by atoms with Crippen LogP contribution in [0.3, 0.4) is 0 Å². The van der Waals surface area contributed by atoms with Gasteiger partial charge in [0.2, 0.25) is 23.6 Å². The number of methoxy groups -OCH3 is 1. The molecule has 0 saturated carbocycles. The zero-order valence-electron chi connectivity index (χ0n) is 39.2. The molecule has 1 aliphatic heterocycles. The number of amides is 9. The summed E-state index contributed by atoms with van der Waals surface area (Å²) in [6.07, 6.45) is 16.7. The highest BCUT2D eigenvalue weighted by atomic mass is 16.6. The Morgan fingerprint density at radius 3 is 2.21 bits per heavy atom. The second-order valence-corrected chi connectivity index (χ2v) is 16.1. The van der Waals surface area contributed by atoms with Crippen molar-refractivity contribution in [1.29, 1.82) is 0 Å². The number of carbonyl (C=O) groups excluding carboxylic acids is 9. The normalized spacial score (nSPS) is 22.2. The summed E-state index contributed by atoms with van der Waals surface area (Å²) in [6.45, 7) is 8.37. The SMILES string of the molecule is CCC=C1NC(=O)C=CC(C(C)C)OC(=O)C(C)(C)C(CC(C=CC=CCC=CCCCC)OC)OC(=O)CNC(=O)C(CNC(N)=O)NC(=O)CNC(=O)C(CCCNC(N)=O)NC1=O. The molecule has 368 valence electrons. The predicted octanol–water partition coefficient (Wildman–Crippen LogP) is 1.44. The number of urea groups is 2. The van der Waals surface area contributed by atoms with E-state index in [4.69, 9.17) is 25.7 Å². The first-order valence-electron chi connectivity index (χ1n) is 22.1. The molecule has 5 unspecified atom stereocenters. The van der Waals surface area contributed by atoms with Crippen molar-refractivity contribution >= 4 is 53.5 Å². The van der Waals surface area contributed by atoms with Crippen molar-refractivity contribution in [3.8, 4) is 0 Å². The smallest absolute Gasteiger partial charge is 0.325 e. The van der Waals surface area contributed by atoms with Crippen molar-refractivity contribution in [2.24, 2.45) is 22.8 Å². The number of hydrogen-bond acceptors (Lipinski definition) is 12. The summed E-state index contributed by atoms with van der Waals surface area (Å²) in [6, 6.07) is -4.68. The van der Waals surface area contributed by atoms with Gasteiger partial charge in [-0.05, 0) is 57.9 Å². The molecule has 0 aromatic heterocycles. The molecule has 21 heteroatoms. The van der Waals surface area contributed by atoms with Crippen LogP contribution in [0.25, 0.3) is 0 Å². The van der Waals surface area contributed by atoms with Crippen molar-refractivity contribution in [2.75, 3.05) is 33.3 Å². The van der Waals surface area contributed by atoms with Gasteiger partial charge >= 0.3 is 24.0 Å². The molecule has 11 N–H and O–H groups in total. The van der Waals surface area contributed by atoms with Crippen LogP contribution in [0.4, 0.5) is 9.59 Å². The van der Waals surface area contributed by atoms with E-state index >= 15 is 0 Å². The fraction of sp³-hybridized carbons (Fsp3) is 0.578. The van der Waals surface area contributed by atoms with Crippen LogP contribution in [0.5, 0.6) is 0 Å². The Morgan fingerprint density at radius 1 is 0.894 bits per heavy atom. The van der Waals surface area contributed by atoms with Gasteiger partial charge in [0.1, 0.15) is 36.5 Å². The van der Waals surface area contributed by atoms with Crippen molar-refractivity contribution in [1.82, 2.24) is 37.2 Å². The van der Waals surface area contributed by atoms with Crippen LogP contribution in [0.2, 0.25) is 0 Å². The Kier molecular flexibility index (Phi) is 27.3. The van der Waals surface area contributed by atoms with Gasteiger partial charge in [-0.15, -0.1) is 0 Å². The Hall–Kier alpha value is -6.51. The Balaban J connectivity index is 3.67. The Labute approximate surface area is 387 Å². The third-order valence-electron chi connectivity index (χ3n) is 9.89. The summed E-state index contributed by atoms with van der Waals surface area (Å²) in [5, 5.41) is 16.7. The number of esters is 2. The molecule has 66 heavy (non-hydrogen) atoms. The molecule has 0 aromatic rings. The van der Waals surface area contributed by atoms with E-state index in [0.717, 1.165) is 31.8 Å². The molecule has 0 spiro atoms. The number of allylic oxidation sites excluding steroid dienone is 6. The first-order valence-corrected chi connectivity index (χ1v) is 22.1. The van der Waals surface area contributed by atoms with Crippen LogP contribution < -0.4 is 48.7 Å². The van der Waals surface area contributed by atoms with E-state index in [1.165, 1.54) is 33.1 Å². The molecule has 0 aliphatic carbocycles. The number of hydrogen-bond donors (Lipinski definition) is 9. The fourth-order valence-corrected chi connectivity index (χ4v) is 5.93. The summed E-state index contributed by atoms with van der Waals surface area (Å²) < 4.78 is 17.5. The molecule has 1 heterocycles. The van der Waals surface area contributed by atoms with Gasteiger partial charge in [0.25, 0.3) is 5.91 Å². The highest BCUT2D eigenvalue weighted by Gasteiger charge is 2.43. The van der Waals surface area contributed by atoms with Crippen LogP contribution in [0, 0.1) is 11.3 Å². The van der Waals surface area contributed by atoms with Gasteiger partial charge in [-0.2, -0.15) is 0 Å². The largest absolute Gasteiger partial charge is 0.460 e. The molecular formula is C45H71N9O12. The maximum absolute atomic E-state index is 14.1. The molecule has 9 amide bonds. The summed E-state index contributed by atoms with van der Waals surface area (Å²) in [4.78, 5) is 117. The average Bonchev–Trinajstić information content (AvgIpc) is 3.26. The monoisotopic (exact) mass is 930 g/mol. The van der Waals surface area contributed by atoms with Crippen molar-refractivity contribution in [3.05, 3.63) is 60.4 Å². The number of nitrogens with two attached hydrogens (primary N) is 2. The van der Waals surface area contributed by atoms with Crippen molar-refractivity contribution in [3.63, 3.8) is 0 Å². The number of rotatable bonds is 18. The number of primary amides is 2. The average molecular weight is 930 g/mol. The first-order chi connectivity index (χ1) is 31.2. The van der Waals surface area contributed by atoms with E-state index < -0.39 is 109 Å². The zero-order valence-corrected chi connectivity index (χ0v) is 39.2. The molecule has 21 nitrogen and oxygen atoms in total. The summed E-state index contributed by atoms with van der Waals surface area (Å²) in [7, 11) is 1.45. The molecule has 0 fully saturated rings. The molecule has 0 aromatic carbocycles. The first kappa shape index (κ1) is 57.5. The maximum atomic E-state index is 14.1. The highest BCUT2D eigenvalue weighted by Crippen LogP contribution is 2.31. The molecular weight excluding hydrogens is 859 g/mol. The lowest BCUT2D eigenvalue weighted by molar-refractivity contribution is -0.175. The van der Waals surface area contributed by atoms with E-state index in [9.17, 15) is 43.2 Å². The van der Waals surface area contributed by atoms with E-state index in [1.54, 1.807) is 32.9 Å². The number of unbranched alkanes of at least 4 members (excludes halogenated alkanes) is 2. The molecule has 1 rings (SSSR count). The van der Waals surface area contributed by atoms with E-state index in [0.29, 0.717) is 0 Å². The lowest BCUT2D eigenvalue weighted by atomic mass is 9.83. The third kappa shape index (κ3) is 23.4. The maximum Gasteiger partial charge on any atom is 0.325 e. The lowest BCUT2D eigenvalue weighted by Crippen LogP contribution is -2.56. The lowest BCUT2D eigenvalue weighted by Gasteiger charge is -2.34. The van der Waals surface area contributed by atoms with Gasteiger partial charge in [0.15, 0.2) is 0 Å². The van der Waals surface area contributed by atoms with E-state index in [2.05, 4.69) is 56.3 Å². The summed E-state index contributed by atoms with van der Waals surface area (Å²) in [5.74, 6) is -6.52. The topological polar surface area (TPSA) is 318 Å². The minimum absolute atomic E-state index is 0.0336. The molecule has 1 aliphatic rings. The van der Waals surface area contributed by atoms with Crippen LogP contribution >= 0.6 is 0 Å². The van der Waals surface area contributed by atoms with E-state index in [1.807, 2.05) is 12.2 Å². The van der Waals surface area contributed by atoms with Gasteiger partial charge in [0.05, 0.1) is 18.1 Å². The van der Waals surface area contributed by atoms with Crippen LogP contribution in [0.1, 0.15) is 92.9 Å². The Morgan fingerprint density at radius 2 is 1.58 bits per heavy atom. The van der Waals surface area contributed by atoms with Crippen LogP contribution in [-0.2, 0) is 47.8 Å². The van der Waals surface area contributed by atoms with E-state index in [-0.39, 0.29) is 43.8 Å². The minimum atomic E-state index is -1.56. The Bertz CT molecular complexity index is 1810. The molecule has 0 saturated heterocycles. The standard InChI is InChI=1S/C45H71N9O12/c1-8-10-11-12-13-14-15-16-17-20-30(64-7)25-35-45(5,6)42(61)65-34(29(3)4)22-23-36(55)52-31(19-9-2)41(60)54-32(21-18-24-48-43(46)62)39(58)49-27-37(56)53-33(26-51-44(47)63)40(59)50-28-38(57)66-35/h12-13,15-17,19-20,22-23,29-30,32-35H,8-11,14,18,21,24-28H2,1-7H3,(H,49,58)(H,50,59)(H,52,55)(H,53,56)(H,54,60)(H3,46,48,62)(H3,47,51,63). The number of carbonyl (C=O) groups is 9. The number of ether oxygens (including phenoxy) is 3. The predicted molar refractivity (Wildman–Crippen MR) is 245 cm³/mol. The van der Waals surface area contributed by atoms with Crippen molar-refractivity contribution < 1.29 is 57.4 Å². The minimum Gasteiger partial charge on any atom is -0.460 e.